The first-order valence-electron chi connectivity index (χ1n) is 10.3. The maximum absolute atomic E-state index is 12.6. The number of carbonyl (C=O) groups excluding carboxylic acids is 1. The van der Waals surface area contributed by atoms with E-state index in [-0.39, 0.29) is 11.9 Å². The van der Waals surface area contributed by atoms with Crippen LogP contribution in [-0.2, 0) is 18.4 Å². The summed E-state index contributed by atoms with van der Waals surface area (Å²) in [7, 11) is 1.90. The Labute approximate surface area is 172 Å². The van der Waals surface area contributed by atoms with E-state index in [1.54, 1.807) is 4.68 Å². The van der Waals surface area contributed by atoms with Crippen LogP contribution >= 0.6 is 0 Å². The fraction of sp³-hybridized carbons (Fsp3) is 0.391. The molecule has 2 aromatic carbocycles. The van der Waals surface area contributed by atoms with Gasteiger partial charge < -0.3 is 10.2 Å². The molecule has 1 fully saturated rings. The minimum absolute atomic E-state index is 0.0628. The van der Waals surface area contributed by atoms with Gasteiger partial charge in [0.2, 0.25) is 5.91 Å². The van der Waals surface area contributed by atoms with Gasteiger partial charge in [-0.1, -0.05) is 42.5 Å². The average molecular weight is 392 g/mol. The molecule has 1 aliphatic rings. The molecule has 0 saturated carbocycles. The van der Waals surface area contributed by atoms with Gasteiger partial charge in [0, 0.05) is 52.0 Å². The Morgan fingerprint density at radius 3 is 2.59 bits per heavy atom. The largest absolute Gasteiger partial charge is 0.339 e. The molecule has 0 unspecified atom stereocenters. The van der Waals surface area contributed by atoms with E-state index in [0.29, 0.717) is 6.54 Å². The number of benzene rings is 2. The van der Waals surface area contributed by atoms with Gasteiger partial charge in [-0.15, -0.1) is 0 Å². The number of nitrogens with zero attached hydrogens (tertiary/aromatic N) is 4. The lowest BCUT2D eigenvalue weighted by molar-refractivity contribution is -0.132. The molecular weight excluding hydrogens is 362 g/mol. The van der Waals surface area contributed by atoms with Crippen molar-refractivity contribution in [2.75, 3.05) is 32.7 Å². The molecule has 6 nitrogen and oxygen atoms in total. The molecule has 1 N–H and O–H groups in total. The van der Waals surface area contributed by atoms with Crippen LogP contribution in [0.1, 0.15) is 24.2 Å². The first kappa shape index (κ1) is 19.6. The van der Waals surface area contributed by atoms with Crippen LogP contribution < -0.4 is 5.32 Å². The molecule has 3 aromatic rings. The summed E-state index contributed by atoms with van der Waals surface area (Å²) in [5.41, 5.74) is 2.31. The van der Waals surface area contributed by atoms with Crippen LogP contribution in [0.25, 0.3) is 10.8 Å². The normalized spacial score (nSPS) is 16.3. The third kappa shape index (κ3) is 4.66. The number of nitrogens with one attached hydrogen (secondary N) is 1. The van der Waals surface area contributed by atoms with Crippen molar-refractivity contribution in [1.82, 2.24) is 24.9 Å². The Bertz CT molecular complexity index is 969. The van der Waals surface area contributed by atoms with Gasteiger partial charge in [0.05, 0.1) is 12.2 Å². The molecule has 29 heavy (non-hydrogen) atoms. The van der Waals surface area contributed by atoms with Crippen molar-refractivity contribution in [2.24, 2.45) is 7.05 Å². The van der Waals surface area contributed by atoms with Gasteiger partial charge in [-0.2, -0.15) is 5.10 Å². The Balaban J connectivity index is 1.27. The highest BCUT2D eigenvalue weighted by molar-refractivity contribution is 5.85. The van der Waals surface area contributed by atoms with Gasteiger partial charge in [0.1, 0.15) is 0 Å². The van der Waals surface area contributed by atoms with Gasteiger partial charge >= 0.3 is 0 Å². The molecule has 4 rings (SSSR count). The molecule has 1 saturated heterocycles. The van der Waals surface area contributed by atoms with E-state index in [4.69, 9.17) is 0 Å². The first-order chi connectivity index (χ1) is 14.1. The Morgan fingerprint density at radius 2 is 1.83 bits per heavy atom. The highest BCUT2D eigenvalue weighted by Gasteiger charge is 2.22. The zero-order chi connectivity index (χ0) is 20.2. The Kier molecular flexibility index (Phi) is 5.92. The molecule has 2 heterocycles. The molecule has 152 valence electrons. The highest BCUT2D eigenvalue weighted by atomic mass is 16.2. The lowest BCUT2D eigenvalue weighted by Crippen LogP contribution is -2.50. The smallest absolute Gasteiger partial charge is 0.236 e. The van der Waals surface area contributed by atoms with Crippen molar-refractivity contribution in [2.45, 2.75) is 19.5 Å². The van der Waals surface area contributed by atoms with Gasteiger partial charge in [-0.3, -0.25) is 14.4 Å². The highest BCUT2D eigenvalue weighted by Crippen LogP contribution is 2.20. The second-order valence-corrected chi connectivity index (χ2v) is 7.81. The van der Waals surface area contributed by atoms with Crippen molar-refractivity contribution in [3.63, 3.8) is 0 Å². The molecular formula is C23H29N5O. The zero-order valence-electron chi connectivity index (χ0n) is 17.2. The number of rotatable bonds is 6. The molecule has 1 aliphatic heterocycles. The third-order valence-electron chi connectivity index (χ3n) is 5.74. The minimum Gasteiger partial charge on any atom is -0.339 e. The summed E-state index contributed by atoms with van der Waals surface area (Å²) in [5, 5.41) is 10.3. The lowest BCUT2D eigenvalue weighted by Gasteiger charge is -2.35. The van der Waals surface area contributed by atoms with Crippen LogP contribution in [0.2, 0.25) is 0 Å². The van der Waals surface area contributed by atoms with E-state index in [2.05, 4.69) is 57.8 Å². The van der Waals surface area contributed by atoms with E-state index in [9.17, 15) is 4.79 Å². The van der Waals surface area contributed by atoms with Crippen molar-refractivity contribution in [3.8, 4) is 0 Å². The van der Waals surface area contributed by atoms with Gasteiger partial charge in [0.15, 0.2) is 0 Å². The monoisotopic (exact) mass is 391 g/mol. The minimum atomic E-state index is 0.0628. The third-order valence-corrected chi connectivity index (χ3v) is 5.74. The lowest BCUT2D eigenvalue weighted by atomic mass is 10.0. The molecule has 0 radical (unpaired) electrons. The summed E-state index contributed by atoms with van der Waals surface area (Å²) in [6.45, 7) is 6.69. The molecule has 0 bridgehead atoms. The zero-order valence-corrected chi connectivity index (χ0v) is 17.2. The number of hydrogen-bond donors (Lipinski definition) is 1. The summed E-state index contributed by atoms with van der Waals surface area (Å²) in [5.74, 6) is 0.164. The van der Waals surface area contributed by atoms with E-state index in [1.807, 2.05) is 31.1 Å². The number of aryl methyl sites for hydroxylation is 1. The van der Waals surface area contributed by atoms with Crippen LogP contribution in [-0.4, -0.2) is 58.2 Å². The second-order valence-electron chi connectivity index (χ2n) is 7.81. The summed E-state index contributed by atoms with van der Waals surface area (Å²) in [4.78, 5) is 17.0. The summed E-state index contributed by atoms with van der Waals surface area (Å²) < 4.78 is 1.78. The number of fused-ring (bicyclic) bond motifs is 1. The Hall–Kier alpha value is -2.70. The summed E-state index contributed by atoms with van der Waals surface area (Å²) >= 11 is 0. The van der Waals surface area contributed by atoms with Crippen molar-refractivity contribution >= 4 is 16.7 Å². The molecule has 1 amide bonds. The van der Waals surface area contributed by atoms with Gasteiger partial charge in [-0.25, -0.2) is 0 Å². The quantitative estimate of drug-likeness (QED) is 0.702. The number of carbonyl (C=O) groups is 1. The number of aromatic nitrogens is 2. The predicted molar refractivity (Wildman–Crippen MR) is 115 cm³/mol. The summed E-state index contributed by atoms with van der Waals surface area (Å²) in [6, 6.07) is 17.1. The van der Waals surface area contributed by atoms with Crippen LogP contribution in [0.3, 0.4) is 0 Å². The van der Waals surface area contributed by atoms with Crippen LogP contribution in [0.15, 0.2) is 54.7 Å². The van der Waals surface area contributed by atoms with Crippen molar-refractivity contribution < 1.29 is 4.79 Å². The van der Waals surface area contributed by atoms with E-state index >= 15 is 0 Å². The molecule has 0 aliphatic carbocycles. The van der Waals surface area contributed by atoms with Crippen LogP contribution in [0, 0.1) is 0 Å². The van der Waals surface area contributed by atoms with Crippen molar-refractivity contribution in [1.29, 1.82) is 0 Å². The maximum atomic E-state index is 12.6. The average Bonchev–Trinajstić information content (AvgIpc) is 3.19. The van der Waals surface area contributed by atoms with Crippen LogP contribution in [0.4, 0.5) is 0 Å². The standard InChI is InChI=1S/C23H29N5O/c1-18(22-10-11-26(2)25-22)24-16-23(29)28-14-12-27(13-15-28)17-20-8-5-7-19-6-3-4-9-21(19)20/h3-11,18,24H,12-17H2,1-2H3/t18-/m1/s1. The molecule has 1 aromatic heterocycles. The van der Waals surface area contributed by atoms with E-state index in [0.717, 1.165) is 38.4 Å². The predicted octanol–water partition coefficient (Wildman–Crippen LogP) is 2.57. The van der Waals surface area contributed by atoms with E-state index in [1.165, 1.54) is 16.3 Å². The van der Waals surface area contributed by atoms with Gasteiger partial charge in [-0.05, 0) is 29.3 Å². The first-order valence-corrected chi connectivity index (χ1v) is 10.3. The van der Waals surface area contributed by atoms with Crippen molar-refractivity contribution in [3.05, 3.63) is 66.0 Å². The van der Waals surface area contributed by atoms with E-state index < -0.39 is 0 Å². The van der Waals surface area contributed by atoms with Crippen LogP contribution in [0.5, 0.6) is 0 Å². The fourth-order valence-corrected chi connectivity index (χ4v) is 3.95. The number of hydrogen-bond acceptors (Lipinski definition) is 4. The molecule has 1 atom stereocenters. The SMILES string of the molecule is C[C@@H](NCC(=O)N1CCN(Cc2cccc3ccccc23)CC1)c1ccn(C)n1. The molecule has 0 spiro atoms. The van der Waals surface area contributed by atoms with Gasteiger partial charge in [0.25, 0.3) is 0 Å². The topological polar surface area (TPSA) is 53.4 Å². The maximum Gasteiger partial charge on any atom is 0.236 e. The number of piperazine rings is 1. The summed E-state index contributed by atoms with van der Waals surface area (Å²) in [6.07, 6.45) is 1.92. The Morgan fingerprint density at radius 1 is 1.07 bits per heavy atom. The fourth-order valence-electron chi connectivity index (χ4n) is 3.95. The molecule has 6 heteroatoms. The number of amides is 1. The second kappa shape index (κ2) is 8.76.